The molecule has 2 aliphatic rings. The number of rotatable bonds is 3. The van der Waals surface area contributed by atoms with E-state index in [9.17, 15) is 4.79 Å². The molecule has 1 amide bonds. The summed E-state index contributed by atoms with van der Waals surface area (Å²) in [7, 11) is 0. The van der Waals surface area contributed by atoms with Gasteiger partial charge in [0.05, 0.1) is 36.6 Å². The van der Waals surface area contributed by atoms with Crippen molar-refractivity contribution < 1.29 is 14.3 Å². The molecular formula is C13H18ClN3O3. The molecule has 0 bridgehead atoms. The van der Waals surface area contributed by atoms with Crippen LogP contribution in [0.25, 0.3) is 0 Å². The van der Waals surface area contributed by atoms with E-state index in [1.807, 2.05) is 4.90 Å². The molecule has 7 heteroatoms. The van der Waals surface area contributed by atoms with Crippen LogP contribution in [0.15, 0.2) is 12.4 Å². The van der Waals surface area contributed by atoms with Gasteiger partial charge in [0.1, 0.15) is 0 Å². The monoisotopic (exact) mass is 299 g/mol. The average molecular weight is 300 g/mol. The standard InChI is InChI=1S/C13H18ClN3O3/c14-11-7-15-16(8-11)3-1-12(18)17-4-6-20-10-13(17)2-5-19-9-13/h7-8H,1-6,9-10H2. The van der Waals surface area contributed by atoms with E-state index >= 15 is 0 Å². The second-order valence-corrected chi connectivity index (χ2v) is 5.73. The van der Waals surface area contributed by atoms with Crippen LogP contribution in [-0.2, 0) is 20.8 Å². The molecule has 6 nitrogen and oxygen atoms in total. The van der Waals surface area contributed by atoms with Crippen LogP contribution in [0.4, 0.5) is 0 Å². The molecule has 1 spiro atoms. The Hall–Kier alpha value is -1.11. The van der Waals surface area contributed by atoms with Crippen LogP contribution in [0.3, 0.4) is 0 Å². The van der Waals surface area contributed by atoms with Gasteiger partial charge in [-0.3, -0.25) is 9.48 Å². The highest BCUT2D eigenvalue weighted by Crippen LogP contribution is 2.29. The number of amides is 1. The molecular weight excluding hydrogens is 282 g/mol. The molecule has 110 valence electrons. The number of aryl methyl sites for hydroxylation is 1. The molecule has 2 saturated heterocycles. The Morgan fingerprint density at radius 1 is 1.40 bits per heavy atom. The summed E-state index contributed by atoms with van der Waals surface area (Å²) in [4.78, 5) is 14.4. The van der Waals surface area contributed by atoms with E-state index < -0.39 is 0 Å². The topological polar surface area (TPSA) is 56.6 Å². The predicted molar refractivity (Wildman–Crippen MR) is 72.6 cm³/mol. The lowest BCUT2D eigenvalue weighted by molar-refractivity contribution is -0.149. The average Bonchev–Trinajstić information content (AvgIpc) is 3.07. The van der Waals surface area contributed by atoms with Gasteiger partial charge >= 0.3 is 0 Å². The molecule has 3 heterocycles. The van der Waals surface area contributed by atoms with E-state index in [0.717, 1.165) is 6.42 Å². The Morgan fingerprint density at radius 3 is 2.90 bits per heavy atom. The van der Waals surface area contributed by atoms with Gasteiger partial charge in [-0.2, -0.15) is 5.10 Å². The Kier molecular flexibility index (Phi) is 3.96. The Bertz CT molecular complexity index is 485. The number of nitrogens with zero attached hydrogens (tertiary/aromatic N) is 3. The van der Waals surface area contributed by atoms with Crippen LogP contribution in [0.2, 0.25) is 5.02 Å². The predicted octanol–water partition coefficient (Wildman–Crippen LogP) is 0.945. The lowest BCUT2D eigenvalue weighted by Crippen LogP contribution is -2.59. The first kappa shape index (κ1) is 13.9. The maximum Gasteiger partial charge on any atom is 0.225 e. The zero-order valence-corrected chi connectivity index (χ0v) is 12.0. The molecule has 0 saturated carbocycles. The molecule has 0 aliphatic carbocycles. The van der Waals surface area contributed by atoms with Crippen molar-refractivity contribution >= 4 is 17.5 Å². The Morgan fingerprint density at radius 2 is 2.20 bits per heavy atom. The van der Waals surface area contributed by atoms with Crippen molar-refractivity contribution in [3.8, 4) is 0 Å². The molecule has 0 aromatic carbocycles. The third-order valence-electron chi connectivity index (χ3n) is 3.94. The van der Waals surface area contributed by atoms with Crippen LogP contribution in [0, 0.1) is 0 Å². The van der Waals surface area contributed by atoms with Gasteiger partial charge < -0.3 is 14.4 Å². The molecule has 1 unspecified atom stereocenters. The van der Waals surface area contributed by atoms with Crippen molar-refractivity contribution in [1.29, 1.82) is 0 Å². The zero-order chi connectivity index (χ0) is 14.0. The maximum absolute atomic E-state index is 12.5. The van der Waals surface area contributed by atoms with Crippen molar-refractivity contribution in [2.24, 2.45) is 0 Å². The minimum absolute atomic E-state index is 0.130. The molecule has 0 radical (unpaired) electrons. The van der Waals surface area contributed by atoms with Crippen LogP contribution in [0.5, 0.6) is 0 Å². The van der Waals surface area contributed by atoms with Crippen LogP contribution in [-0.4, -0.2) is 59.1 Å². The minimum atomic E-state index is -0.253. The van der Waals surface area contributed by atoms with Gasteiger partial charge in [-0.25, -0.2) is 0 Å². The van der Waals surface area contributed by atoms with E-state index in [-0.39, 0.29) is 11.4 Å². The number of aromatic nitrogens is 2. The normalized spacial score (nSPS) is 26.4. The number of carbonyl (C=O) groups is 1. The molecule has 1 aromatic rings. The molecule has 3 rings (SSSR count). The number of halogens is 1. The van der Waals surface area contributed by atoms with E-state index in [1.54, 1.807) is 17.1 Å². The van der Waals surface area contributed by atoms with Crippen LogP contribution < -0.4 is 0 Å². The fourth-order valence-corrected chi connectivity index (χ4v) is 3.01. The summed E-state index contributed by atoms with van der Waals surface area (Å²) >= 11 is 5.81. The highest BCUT2D eigenvalue weighted by Gasteiger charge is 2.45. The fourth-order valence-electron chi connectivity index (χ4n) is 2.85. The quantitative estimate of drug-likeness (QED) is 0.834. The van der Waals surface area contributed by atoms with E-state index in [0.29, 0.717) is 51.0 Å². The second-order valence-electron chi connectivity index (χ2n) is 5.30. The number of morpholine rings is 1. The molecule has 2 aliphatic heterocycles. The molecule has 2 fully saturated rings. The summed E-state index contributed by atoms with van der Waals surface area (Å²) in [5, 5.41) is 4.67. The molecule has 20 heavy (non-hydrogen) atoms. The van der Waals surface area contributed by atoms with Crippen molar-refractivity contribution in [3.63, 3.8) is 0 Å². The van der Waals surface area contributed by atoms with Gasteiger partial charge in [-0.15, -0.1) is 0 Å². The first-order valence-corrected chi connectivity index (χ1v) is 7.21. The number of hydrogen-bond acceptors (Lipinski definition) is 4. The first-order valence-electron chi connectivity index (χ1n) is 6.84. The smallest absolute Gasteiger partial charge is 0.225 e. The SMILES string of the molecule is O=C(CCn1cc(Cl)cn1)N1CCOCC12CCOC2. The Balaban J connectivity index is 1.63. The molecule has 1 atom stereocenters. The summed E-state index contributed by atoms with van der Waals surface area (Å²) in [5.74, 6) is 0.130. The summed E-state index contributed by atoms with van der Waals surface area (Å²) in [6, 6.07) is 0. The lowest BCUT2D eigenvalue weighted by Gasteiger charge is -2.43. The Labute approximate surface area is 122 Å². The van der Waals surface area contributed by atoms with Crippen molar-refractivity contribution in [3.05, 3.63) is 17.4 Å². The highest BCUT2D eigenvalue weighted by atomic mass is 35.5. The van der Waals surface area contributed by atoms with Gasteiger partial charge in [-0.05, 0) is 6.42 Å². The summed E-state index contributed by atoms with van der Waals surface area (Å²) in [6.07, 6.45) is 4.57. The van der Waals surface area contributed by atoms with Crippen LogP contribution in [0.1, 0.15) is 12.8 Å². The summed E-state index contributed by atoms with van der Waals surface area (Å²) in [6.45, 7) is 3.63. The van der Waals surface area contributed by atoms with Crippen LogP contribution >= 0.6 is 11.6 Å². The van der Waals surface area contributed by atoms with Gasteiger partial charge in [0.25, 0.3) is 0 Å². The van der Waals surface area contributed by atoms with Gasteiger partial charge in [0.2, 0.25) is 5.91 Å². The number of hydrogen-bond donors (Lipinski definition) is 0. The highest BCUT2D eigenvalue weighted by molar-refractivity contribution is 6.30. The van der Waals surface area contributed by atoms with E-state index in [1.165, 1.54) is 0 Å². The van der Waals surface area contributed by atoms with Crippen molar-refractivity contribution in [1.82, 2.24) is 14.7 Å². The summed E-state index contributed by atoms with van der Waals surface area (Å²) in [5.41, 5.74) is -0.253. The number of carbonyl (C=O) groups excluding carboxylic acids is 1. The van der Waals surface area contributed by atoms with Crippen molar-refractivity contribution in [2.45, 2.75) is 24.9 Å². The fraction of sp³-hybridized carbons (Fsp3) is 0.692. The van der Waals surface area contributed by atoms with Gasteiger partial charge in [-0.1, -0.05) is 11.6 Å². The van der Waals surface area contributed by atoms with Crippen molar-refractivity contribution in [2.75, 3.05) is 33.0 Å². The summed E-state index contributed by atoms with van der Waals surface area (Å²) < 4.78 is 12.7. The van der Waals surface area contributed by atoms with E-state index in [4.69, 9.17) is 21.1 Å². The molecule has 1 aromatic heterocycles. The van der Waals surface area contributed by atoms with E-state index in [2.05, 4.69) is 5.10 Å². The third-order valence-corrected chi connectivity index (χ3v) is 4.14. The second kappa shape index (κ2) is 5.71. The lowest BCUT2D eigenvalue weighted by atomic mass is 9.95. The third kappa shape index (κ3) is 2.68. The first-order chi connectivity index (χ1) is 9.70. The zero-order valence-electron chi connectivity index (χ0n) is 11.3. The van der Waals surface area contributed by atoms with Gasteiger partial charge in [0, 0.05) is 32.3 Å². The number of ether oxygens (including phenoxy) is 2. The minimum Gasteiger partial charge on any atom is -0.379 e. The van der Waals surface area contributed by atoms with Gasteiger partial charge in [0.15, 0.2) is 0 Å². The largest absolute Gasteiger partial charge is 0.379 e. The molecule has 0 N–H and O–H groups in total. The maximum atomic E-state index is 12.5.